The summed E-state index contributed by atoms with van der Waals surface area (Å²) in [5.74, 6) is 0.909. The third-order valence-corrected chi connectivity index (χ3v) is 5.35. The molecule has 1 aliphatic carbocycles. The van der Waals surface area contributed by atoms with Crippen molar-refractivity contribution in [2.75, 3.05) is 18.9 Å². The van der Waals surface area contributed by atoms with Crippen molar-refractivity contribution in [1.29, 1.82) is 0 Å². The van der Waals surface area contributed by atoms with Gasteiger partial charge in [0.2, 0.25) is 0 Å². The Balaban J connectivity index is 1.64. The van der Waals surface area contributed by atoms with Crippen LogP contribution in [-0.2, 0) is 6.42 Å². The molecule has 1 aromatic rings. The molecule has 20 heavy (non-hydrogen) atoms. The van der Waals surface area contributed by atoms with Crippen LogP contribution in [0.4, 0.5) is 5.69 Å². The molecule has 0 saturated heterocycles. The number of aryl methyl sites for hydroxylation is 1. The Morgan fingerprint density at radius 1 is 1.10 bits per heavy atom. The molecule has 2 nitrogen and oxygen atoms in total. The molecule has 3 unspecified atom stereocenters. The van der Waals surface area contributed by atoms with Gasteiger partial charge in [0.15, 0.2) is 0 Å². The highest BCUT2D eigenvalue weighted by atomic mass is 15.2. The number of hydrogen-bond acceptors (Lipinski definition) is 2. The molecule has 110 valence electrons. The van der Waals surface area contributed by atoms with Gasteiger partial charge in [0.05, 0.1) is 0 Å². The van der Waals surface area contributed by atoms with E-state index < -0.39 is 0 Å². The van der Waals surface area contributed by atoms with E-state index in [-0.39, 0.29) is 0 Å². The van der Waals surface area contributed by atoms with Crippen LogP contribution in [0.1, 0.15) is 44.6 Å². The molecule has 1 saturated carbocycles. The van der Waals surface area contributed by atoms with E-state index in [1.165, 1.54) is 49.8 Å². The van der Waals surface area contributed by atoms with E-state index in [1.807, 2.05) is 0 Å². The molecule has 1 fully saturated rings. The summed E-state index contributed by atoms with van der Waals surface area (Å²) in [7, 11) is 2.35. The van der Waals surface area contributed by atoms with Crippen molar-refractivity contribution in [1.82, 2.24) is 4.90 Å². The van der Waals surface area contributed by atoms with Gasteiger partial charge in [0, 0.05) is 24.3 Å². The lowest BCUT2D eigenvalue weighted by Gasteiger charge is -2.38. The summed E-state index contributed by atoms with van der Waals surface area (Å²) in [5, 5.41) is 3.66. The van der Waals surface area contributed by atoms with Crippen molar-refractivity contribution in [2.45, 2.75) is 57.5 Å². The van der Waals surface area contributed by atoms with Gasteiger partial charge in [-0.1, -0.05) is 38.0 Å². The summed E-state index contributed by atoms with van der Waals surface area (Å²) in [6.07, 6.45) is 8.12. The van der Waals surface area contributed by atoms with Crippen molar-refractivity contribution in [2.24, 2.45) is 5.92 Å². The Morgan fingerprint density at radius 3 is 2.80 bits per heavy atom. The number of nitrogens with one attached hydrogen (secondary N) is 1. The fourth-order valence-corrected chi connectivity index (χ4v) is 3.98. The molecule has 0 radical (unpaired) electrons. The lowest BCUT2D eigenvalue weighted by Crippen LogP contribution is -2.45. The largest absolute Gasteiger partial charge is 0.383 e. The van der Waals surface area contributed by atoms with E-state index in [0.717, 1.165) is 18.5 Å². The van der Waals surface area contributed by atoms with Crippen LogP contribution in [0.5, 0.6) is 0 Å². The highest BCUT2D eigenvalue weighted by Gasteiger charge is 2.28. The van der Waals surface area contributed by atoms with Crippen LogP contribution in [0.3, 0.4) is 0 Å². The molecule has 1 heterocycles. The second-order valence-electron chi connectivity index (χ2n) is 6.82. The predicted octanol–water partition coefficient (Wildman–Crippen LogP) is 3.92. The maximum Gasteiger partial charge on any atom is 0.0373 e. The normalized spacial score (nSPS) is 30.4. The van der Waals surface area contributed by atoms with E-state index in [9.17, 15) is 0 Å². The summed E-state index contributed by atoms with van der Waals surface area (Å²) < 4.78 is 0. The summed E-state index contributed by atoms with van der Waals surface area (Å²) >= 11 is 0. The van der Waals surface area contributed by atoms with Crippen molar-refractivity contribution < 1.29 is 0 Å². The number of benzene rings is 1. The van der Waals surface area contributed by atoms with E-state index in [2.05, 4.69) is 48.5 Å². The summed E-state index contributed by atoms with van der Waals surface area (Å²) in [6, 6.07) is 10.3. The van der Waals surface area contributed by atoms with Crippen molar-refractivity contribution in [3.05, 3.63) is 29.8 Å². The van der Waals surface area contributed by atoms with Crippen molar-refractivity contribution in [3.63, 3.8) is 0 Å². The molecule has 0 aromatic heterocycles. The van der Waals surface area contributed by atoms with Gasteiger partial charge in [-0.2, -0.15) is 0 Å². The molecule has 3 atom stereocenters. The first-order valence-electron chi connectivity index (χ1n) is 8.27. The van der Waals surface area contributed by atoms with Crippen molar-refractivity contribution >= 4 is 5.69 Å². The average Bonchev–Trinajstić information content (AvgIpc) is 2.69. The van der Waals surface area contributed by atoms with E-state index in [4.69, 9.17) is 0 Å². The summed E-state index contributed by atoms with van der Waals surface area (Å²) in [5.41, 5.74) is 2.83. The number of nitrogens with zero attached hydrogens (tertiary/aromatic N) is 1. The van der Waals surface area contributed by atoms with Gasteiger partial charge in [0.1, 0.15) is 0 Å². The smallest absolute Gasteiger partial charge is 0.0373 e. The fraction of sp³-hybridized carbons (Fsp3) is 0.667. The lowest BCUT2D eigenvalue weighted by atomic mass is 9.85. The third kappa shape index (κ3) is 3.01. The maximum atomic E-state index is 3.66. The Hall–Kier alpha value is -1.02. The Morgan fingerprint density at radius 2 is 1.95 bits per heavy atom. The van der Waals surface area contributed by atoms with Gasteiger partial charge >= 0.3 is 0 Å². The van der Waals surface area contributed by atoms with Crippen LogP contribution in [0.25, 0.3) is 0 Å². The molecule has 1 aromatic carbocycles. The lowest BCUT2D eigenvalue weighted by molar-refractivity contribution is 0.119. The average molecular weight is 272 g/mol. The van der Waals surface area contributed by atoms with Gasteiger partial charge in [-0.15, -0.1) is 0 Å². The second kappa shape index (κ2) is 6.17. The van der Waals surface area contributed by atoms with Gasteiger partial charge in [-0.05, 0) is 50.3 Å². The molecular weight excluding hydrogens is 244 g/mol. The second-order valence-corrected chi connectivity index (χ2v) is 6.82. The van der Waals surface area contributed by atoms with Gasteiger partial charge in [-0.3, -0.25) is 4.90 Å². The molecular formula is C18H28N2. The first kappa shape index (κ1) is 13.9. The van der Waals surface area contributed by atoms with Gasteiger partial charge in [-0.25, -0.2) is 0 Å². The molecule has 2 heteroatoms. The highest BCUT2D eigenvalue weighted by Crippen LogP contribution is 2.30. The van der Waals surface area contributed by atoms with Gasteiger partial charge < -0.3 is 5.32 Å². The Kier molecular flexibility index (Phi) is 4.30. The Bertz CT molecular complexity index is 416. The zero-order valence-electron chi connectivity index (χ0n) is 12.9. The first-order valence-corrected chi connectivity index (χ1v) is 8.27. The zero-order valence-corrected chi connectivity index (χ0v) is 12.9. The Labute approximate surface area is 123 Å². The van der Waals surface area contributed by atoms with Crippen LogP contribution in [0.2, 0.25) is 0 Å². The molecule has 1 N–H and O–H groups in total. The predicted molar refractivity (Wildman–Crippen MR) is 86.2 cm³/mol. The van der Waals surface area contributed by atoms with E-state index >= 15 is 0 Å². The number of rotatable bonds is 2. The highest BCUT2D eigenvalue weighted by molar-refractivity contribution is 5.52. The van der Waals surface area contributed by atoms with Crippen molar-refractivity contribution in [3.8, 4) is 0 Å². The number of para-hydroxylation sites is 1. The number of likely N-dealkylation sites (N-methyl/N-ethyl adjacent to an activating group) is 1. The van der Waals surface area contributed by atoms with Crippen LogP contribution in [0, 0.1) is 5.92 Å². The van der Waals surface area contributed by atoms with E-state index in [1.54, 1.807) is 0 Å². The minimum Gasteiger partial charge on any atom is -0.383 e. The summed E-state index contributed by atoms with van der Waals surface area (Å²) in [6.45, 7) is 3.51. The first-order chi connectivity index (χ1) is 9.74. The van der Waals surface area contributed by atoms with Crippen LogP contribution in [0.15, 0.2) is 24.3 Å². The quantitative estimate of drug-likeness (QED) is 0.877. The monoisotopic (exact) mass is 272 g/mol. The SMILES string of the molecule is CC1CCCC(N(C)C2CCc3ccccc3NC2)C1. The minimum absolute atomic E-state index is 0.678. The molecule has 2 aliphatic rings. The molecule has 1 aliphatic heterocycles. The number of anilines is 1. The third-order valence-electron chi connectivity index (χ3n) is 5.35. The summed E-state index contributed by atoms with van der Waals surface area (Å²) in [4.78, 5) is 2.68. The van der Waals surface area contributed by atoms with Gasteiger partial charge in [0.25, 0.3) is 0 Å². The standard InChI is InChI=1S/C18H28N2/c1-14-6-5-8-16(12-14)20(2)17-11-10-15-7-3-4-9-18(15)19-13-17/h3-4,7,9,14,16-17,19H,5-6,8,10-13H2,1-2H3. The maximum absolute atomic E-state index is 3.66. The number of fused-ring (bicyclic) bond motifs is 1. The van der Waals surface area contributed by atoms with E-state index in [0.29, 0.717) is 6.04 Å². The van der Waals surface area contributed by atoms with Crippen LogP contribution in [-0.4, -0.2) is 30.6 Å². The van der Waals surface area contributed by atoms with Crippen LogP contribution < -0.4 is 5.32 Å². The van der Waals surface area contributed by atoms with Crippen LogP contribution >= 0.6 is 0 Å². The molecule has 0 spiro atoms. The molecule has 0 bridgehead atoms. The number of hydrogen-bond donors (Lipinski definition) is 1. The molecule has 3 rings (SSSR count). The zero-order chi connectivity index (χ0) is 13.9. The molecule has 0 amide bonds. The minimum atomic E-state index is 0.678. The topological polar surface area (TPSA) is 15.3 Å². The fourth-order valence-electron chi connectivity index (χ4n) is 3.98.